The van der Waals surface area contributed by atoms with Crippen LogP contribution in [0.5, 0.6) is 0 Å². The molecule has 2 aromatic rings. The van der Waals surface area contributed by atoms with Crippen molar-refractivity contribution in [1.82, 2.24) is 10.2 Å². The van der Waals surface area contributed by atoms with E-state index in [1.165, 1.54) is 34.9 Å². The molecule has 0 unspecified atom stereocenters. The normalized spacial score (nSPS) is 9.95. The van der Waals surface area contributed by atoms with Crippen molar-refractivity contribution in [2.24, 2.45) is 0 Å². The largest absolute Gasteiger partial charge is 0.478 e. The molecule has 1 aromatic heterocycles. The van der Waals surface area contributed by atoms with Gasteiger partial charge in [0.25, 0.3) is 0 Å². The monoisotopic (exact) mass is 278 g/mol. The molecule has 0 aliphatic rings. The highest BCUT2D eigenvalue weighted by Crippen LogP contribution is 2.20. The number of para-hydroxylation sites is 1. The van der Waals surface area contributed by atoms with Crippen LogP contribution in [0.3, 0.4) is 0 Å². The van der Waals surface area contributed by atoms with Crippen molar-refractivity contribution in [2.45, 2.75) is 0 Å². The third kappa shape index (κ3) is 2.86. The number of anilines is 2. The number of nitrogens with one attached hydrogen (secondary N) is 1. The van der Waals surface area contributed by atoms with Gasteiger partial charge in [-0.1, -0.05) is 23.5 Å². The predicted octanol–water partition coefficient (Wildman–Crippen LogP) is 1.90. The second kappa shape index (κ2) is 5.44. The SMILES string of the molecule is CN(C(=O)Nc1nncs1)c1ccccc1C(=O)O. The van der Waals surface area contributed by atoms with Gasteiger partial charge in [0.15, 0.2) is 0 Å². The minimum Gasteiger partial charge on any atom is -0.478 e. The highest BCUT2D eigenvalue weighted by molar-refractivity contribution is 7.13. The molecule has 0 fully saturated rings. The van der Waals surface area contributed by atoms with Crippen molar-refractivity contribution in [3.05, 3.63) is 35.3 Å². The van der Waals surface area contributed by atoms with Gasteiger partial charge < -0.3 is 5.11 Å². The summed E-state index contributed by atoms with van der Waals surface area (Å²) in [5.74, 6) is -1.09. The summed E-state index contributed by atoms with van der Waals surface area (Å²) in [6.07, 6.45) is 0. The molecule has 1 heterocycles. The minimum atomic E-state index is -1.09. The first-order valence-corrected chi connectivity index (χ1v) is 6.10. The number of benzene rings is 1. The lowest BCUT2D eigenvalue weighted by Gasteiger charge is -2.18. The number of aromatic carboxylic acids is 1. The Bertz CT molecular complexity index is 600. The lowest BCUT2D eigenvalue weighted by Crippen LogP contribution is -2.32. The van der Waals surface area contributed by atoms with Crippen LogP contribution in [0.4, 0.5) is 15.6 Å². The Morgan fingerprint density at radius 1 is 1.37 bits per heavy atom. The Kier molecular flexibility index (Phi) is 3.71. The first-order valence-electron chi connectivity index (χ1n) is 5.23. The van der Waals surface area contributed by atoms with Crippen LogP contribution in [0.1, 0.15) is 10.4 Å². The van der Waals surface area contributed by atoms with Crippen molar-refractivity contribution in [3.63, 3.8) is 0 Å². The third-order valence-corrected chi connectivity index (χ3v) is 2.98. The molecule has 0 aliphatic heterocycles. The van der Waals surface area contributed by atoms with Gasteiger partial charge in [-0.15, -0.1) is 10.2 Å². The second-order valence-corrected chi connectivity index (χ2v) is 4.39. The number of carboxylic acid groups (broad SMARTS) is 1. The van der Waals surface area contributed by atoms with E-state index in [1.807, 2.05) is 0 Å². The second-order valence-electron chi connectivity index (χ2n) is 3.56. The summed E-state index contributed by atoms with van der Waals surface area (Å²) in [4.78, 5) is 24.2. The van der Waals surface area contributed by atoms with Crippen LogP contribution in [0.25, 0.3) is 0 Å². The average Bonchev–Trinajstić information content (AvgIpc) is 2.90. The van der Waals surface area contributed by atoms with Crippen LogP contribution in [-0.2, 0) is 0 Å². The molecule has 0 bridgehead atoms. The van der Waals surface area contributed by atoms with Crippen LogP contribution in [-0.4, -0.2) is 34.4 Å². The van der Waals surface area contributed by atoms with Gasteiger partial charge in [0, 0.05) is 7.05 Å². The molecule has 2 amide bonds. The zero-order chi connectivity index (χ0) is 13.8. The smallest absolute Gasteiger partial charge is 0.337 e. The van der Waals surface area contributed by atoms with E-state index in [0.717, 1.165) is 0 Å². The molecular weight excluding hydrogens is 268 g/mol. The zero-order valence-electron chi connectivity index (χ0n) is 9.90. The number of hydrogen-bond acceptors (Lipinski definition) is 5. The van der Waals surface area contributed by atoms with Gasteiger partial charge in [0.2, 0.25) is 5.13 Å². The fourth-order valence-corrected chi connectivity index (χ4v) is 1.89. The molecule has 98 valence electrons. The Labute approximate surface area is 112 Å². The van der Waals surface area contributed by atoms with Gasteiger partial charge in [0.1, 0.15) is 5.51 Å². The molecule has 0 spiro atoms. The number of carboxylic acids is 1. The van der Waals surface area contributed by atoms with Gasteiger partial charge in [-0.3, -0.25) is 10.2 Å². The molecular formula is C11H10N4O3S. The molecule has 8 heteroatoms. The fourth-order valence-electron chi connectivity index (χ4n) is 1.46. The summed E-state index contributed by atoms with van der Waals surface area (Å²) >= 11 is 1.18. The fraction of sp³-hybridized carbons (Fsp3) is 0.0909. The summed E-state index contributed by atoms with van der Waals surface area (Å²) in [7, 11) is 1.48. The van der Waals surface area contributed by atoms with Gasteiger partial charge in [-0.25, -0.2) is 9.59 Å². The Morgan fingerprint density at radius 2 is 2.11 bits per heavy atom. The Hall–Kier alpha value is -2.48. The molecule has 2 rings (SSSR count). The van der Waals surface area contributed by atoms with Gasteiger partial charge in [-0.2, -0.15) is 0 Å². The zero-order valence-corrected chi connectivity index (χ0v) is 10.7. The number of carbonyl (C=O) groups excluding carboxylic acids is 1. The first-order chi connectivity index (χ1) is 9.09. The van der Waals surface area contributed by atoms with Crippen molar-refractivity contribution < 1.29 is 14.7 Å². The van der Waals surface area contributed by atoms with E-state index in [-0.39, 0.29) is 5.56 Å². The molecule has 0 atom stereocenters. The molecule has 0 aliphatic carbocycles. The van der Waals surface area contributed by atoms with E-state index in [1.54, 1.807) is 18.2 Å². The number of nitrogens with zero attached hydrogens (tertiary/aromatic N) is 3. The maximum absolute atomic E-state index is 11.9. The topological polar surface area (TPSA) is 95.4 Å². The third-order valence-electron chi connectivity index (χ3n) is 2.37. The van der Waals surface area contributed by atoms with E-state index in [2.05, 4.69) is 15.5 Å². The number of aromatic nitrogens is 2. The maximum Gasteiger partial charge on any atom is 0.337 e. The first kappa shape index (κ1) is 13.0. The summed E-state index contributed by atoms with van der Waals surface area (Å²) in [6.45, 7) is 0. The minimum absolute atomic E-state index is 0.0532. The van der Waals surface area contributed by atoms with E-state index in [9.17, 15) is 9.59 Å². The van der Waals surface area contributed by atoms with Crippen molar-refractivity contribution in [3.8, 4) is 0 Å². The molecule has 1 aromatic carbocycles. The number of hydrogen-bond donors (Lipinski definition) is 2. The van der Waals surface area contributed by atoms with Gasteiger partial charge >= 0.3 is 12.0 Å². The maximum atomic E-state index is 11.9. The lowest BCUT2D eigenvalue weighted by molar-refractivity contribution is 0.0697. The molecule has 7 nitrogen and oxygen atoms in total. The van der Waals surface area contributed by atoms with Gasteiger partial charge in [0.05, 0.1) is 11.3 Å². The predicted molar refractivity (Wildman–Crippen MR) is 70.7 cm³/mol. The van der Waals surface area contributed by atoms with E-state index in [4.69, 9.17) is 5.11 Å². The summed E-state index contributed by atoms with van der Waals surface area (Å²) in [5.41, 5.74) is 1.84. The van der Waals surface area contributed by atoms with Crippen LogP contribution < -0.4 is 10.2 Å². The van der Waals surface area contributed by atoms with E-state index >= 15 is 0 Å². The quantitative estimate of drug-likeness (QED) is 0.894. The van der Waals surface area contributed by atoms with E-state index < -0.39 is 12.0 Å². The van der Waals surface area contributed by atoms with Crippen LogP contribution in [0.15, 0.2) is 29.8 Å². The molecule has 0 radical (unpaired) electrons. The highest BCUT2D eigenvalue weighted by Gasteiger charge is 2.18. The van der Waals surface area contributed by atoms with Crippen LogP contribution >= 0.6 is 11.3 Å². The average molecular weight is 278 g/mol. The van der Waals surface area contributed by atoms with Gasteiger partial charge in [-0.05, 0) is 12.1 Å². The van der Waals surface area contributed by atoms with E-state index in [0.29, 0.717) is 10.8 Å². The standard InChI is InChI=1S/C11H10N4O3S/c1-15(11(18)13-10-14-12-6-19-10)8-5-3-2-4-7(8)9(16)17/h2-6H,1H3,(H,16,17)(H,13,14,18). The Balaban J connectivity index is 2.22. The van der Waals surface area contributed by atoms with Crippen molar-refractivity contribution >= 4 is 34.2 Å². The van der Waals surface area contributed by atoms with Crippen molar-refractivity contribution in [2.75, 3.05) is 17.3 Å². The van der Waals surface area contributed by atoms with Crippen molar-refractivity contribution in [1.29, 1.82) is 0 Å². The summed E-state index contributed by atoms with van der Waals surface area (Å²) in [5, 5.41) is 19.2. The number of carbonyl (C=O) groups is 2. The number of amides is 2. The molecule has 2 N–H and O–H groups in total. The summed E-state index contributed by atoms with van der Waals surface area (Å²) < 4.78 is 0. The molecule has 0 saturated carbocycles. The lowest BCUT2D eigenvalue weighted by atomic mass is 10.1. The Morgan fingerprint density at radius 3 is 2.74 bits per heavy atom. The molecule has 19 heavy (non-hydrogen) atoms. The number of rotatable bonds is 3. The summed E-state index contributed by atoms with van der Waals surface area (Å²) in [6, 6.07) is 5.78. The highest BCUT2D eigenvalue weighted by atomic mass is 32.1. The number of urea groups is 1. The van der Waals surface area contributed by atoms with Crippen LogP contribution in [0, 0.1) is 0 Å². The van der Waals surface area contributed by atoms with Crippen LogP contribution in [0.2, 0.25) is 0 Å². The molecule has 0 saturated heterocycles.